The van der Waals surface area contributed by atoms with Crippen molar-refractivity contribution in [3.63, 3.8) is 0 Å². The summed E-state index contributed by atoms with van der Waals surface area (Å²) >= 11 is 5.51. The second kappa shape index (κ2) is 11.0. The lowest BCUT2D eigenvalue weighted by molar-refractivity contribution is -0.0285. The van der Waals surface area contributed by atoms with Crippen molar-refractivity contribution in [3.05, 3.63) is 42.0 Å². The molecule has 0 radical (unpaired) electrons. The number of primary sulfonamides is 1. The molecule has 1 unspecified atom stereocenters. The molecule has 1 aliphatic heterocycles. The summed E-state index contributed by atoms with van der Waals surface area (Å²) in [5.41, 5.74) is 1.01. The quantitative estimate of drug-likeness (QED) is 0.403. The Kier molecular flexibility index (Phi) is 8.31. The standard InChI is InChI=1S/C22H27N3O7S2/c1-14(26)18-8-9-19(29-2)21(30-3)20(18)32-13-16-12-25(10-11-31-16)22(33)24-15-4-6-17(7-5-15)34(23,27)28/h4-9,16H,10-13H2,1-3H3,(H,24,33)(H2,23,27,28). The fourth-order valence-electron chi connectivity index (χ4n) is 3.43. The van der Waals surface area contributed by atoms with Crippen LogP contribution in [0.5, 0.6) is 17.2 Å². The molecule has 2 aromatic rings. The van der Waals surface area contributed by atoms with Crippen molar-refractivity contribution in [3.8, 4) is 17.2 Å². The van der Waals surface area contributed by atoms with Crippen LogP contribution in [0.2, 0.25) is 0 Å². The maximum Gasteiger partial charge on any atom is 0.238 e. The molecular formula is C22H27N3O7S2. The lowest BCUT2D eigenvalue weighted by atomic mass is 10.1. The third-order valence-corrected chi connectivity index (χ3v) is 6.44. The summed E-state index contributed by atoms with van der Waals surface area (Å²) in [5.74, 6) is 0.919. The first-order valence-electron chi connectivity index (χ1n) is 10.3. The molecule has 0 aliphatic carbocycles. The average molecular weight is 510 g/mol. The van der Waals surface area contributed by atoms with Gasteiger partial charge in [-0.15, -0.1) is 0 Å². The number of ether oxygens (including phenoxy) is 4. The molecule has 0 saturated carbocycles. The van der Waals surface area contributed by atoms with Crippen molar-refractivity contribution in [2.75, 3.05) is 45.8 Å². The number of hydrogen-bond donors (Lipinski definition) is 2. The molecule has 12 heteroatoms. The van der Waals surface area contributed by atoms with Crippen molar-refractivity contribution >= 4 is 38.8 Å². The Morgan fingerprint density at radius 2 is 1.88 bits per heavy atom. The van der Waals surface area contributed by atoms with E-state index in [1.165, 1.54) is 33.3 Å². The zero-order valence-corrected chi connectivity index (χ0v) is 20.7. The van der Waals surface area contributed by atoms with Crippen LogP contribution < -0.4 is 24.7 Å². The fourth-order valence-corrected chi connectivity index (χ4v) is 4.23. The number of benzene rings is 2. The molecule has 1 aliphatic rings. The second-order valence-corrected chi connectivity index (χ2v) is 9.43. The van der Waals surface area contributed by atoms with Crippen LogP contribution in [0.25, 0.3) is 0 Å². The van der Waals surface area contributed by atoms with E-state index in [2.05, 4.69) is 5.32 Å². The van der Waals surface area contributed by atoms with Gasteiger partial charge in [-0.3, -0.25) is 4.79 Å². The van der Waals surface area contributed by atoms with E-state index in [-0.39, 0.29) is 23.4 Å². The van der Waals surface area contributed by atoms with Crippen molar-refractivity contribution in [2.45, 2.75) is 17.9 Å². The zero-order valence-electron chi connectivity index (χ0n) is 19.1. The van der Waals surface area contributed by atoms with Crippen LogP contribution in [-0.4, -0.2) is 70.8 Å². The van der Waals surface area contributed by atoms with Gasteiger partial charge in [-0.1, -0.05) is 0 Å². The zero-order chi connectivity index (χ0) is 24.9. The summed E-state index contributed by atoms with van der Waals surface area (Å²) in [5, 5.41) is 8.67. The van der Waals surface area contributed by atoms with Crippen molar-refractivity contribution in [1.82, 2.24) is 4.90 Å². The molecule has 1 saturated heterocycles. The van der Waals surface area contributed by atoms with Gasteiger partial charge >= 0.3 is 0 Å². The molecule has 1 fully saturated rings. The number of nitrogens with one attached hydrogen (secondary N) is 1. The Morgan fingerprint density at radius 1 is 1.18 bits per heavy atom. The first-order chi connectivity index (χ1) is 16.1. The Bertz CT molecular complexity index is 1150. The first kappa shape index (κ1) is 25.7. The van der Waals surface area contributed by atoms with E-state index < -0.39 is 10.0 Å². The smallest absolute Gasteiger partial charge is 0.238 e. The number of carbonyl (C=O) groups is 1. The molecule has 184 valence electrons. The number of hydrogen-bond acceptors (Lipinski definition) is 8. The predicted octanol–water partition coefficient (Wildman–Crippen LogP) is 2.03. The van der Waals surface area contributed by atoms with E-state index in [0.717, 1.165) is 0 Å². The van der Waals surface area contributed by atoms with Crippen molar-refractivity contribution in [1.29, 1.82) is 0 Å². The van der Waals surface area contributed by atoms with E-state index in [1.54, 1.807) is 24.3 Å². The number of nitrogens with two attached hydrogens (primary N) is 1. The summed E-state index contributed by atoms with van der Waals surface area (Å²) < 4.78 is 45.4. The van der Waals surface area contributed by atoms with Crippen LogP contribution in [-0.2, 0) is 14.8 Å². The van der Waals surface area contributed by atoms with E-state index in [0.29, 0.717) is 53.3 Å². The summed E-state index contributed by atoms with van der Waals surface area (Å²) in [4.78, 5) is 14.0. The summed E-state index contributed by atoms with van der Waals surface area (Å²) in [7, 11) is -0.776. The molecule has 10 nitrogen and oxygen atoms in total. The van der Waals surface area contributed by atoms with Gasteiger partial charge in [0.15, 0.2) is 22.4 Å². The number of anilines is 1. The van der Waals surface area contributed by atoms with Crippen LogP contribution in [0.15, 0.2) is 41.3 Å². The Balaban J connectivity index is 1.65. The lowest BCUT2D eigenvalue weighted by Gasteiger charge is -2.34. The van der Waals surface area contributed by atoms with Gasteiger partial charge < -0.3 is 29.2 Å². The number of methoxy groups -OCH3 is 2. The van der Waals surface area contributed by atoms with Crippen LogP contribution >= 0.6 is 12.2 Å². The van der Waals surface area contributed by atoms with Crippen LogP contribution in [0.3, 0.4) is 0 Å². The molecule has 3 N–H and O–H groups in total. The maximum absolute atomic E-state index is 12.1. The molecule has 0 spiro atoms. The van der Waals surface area contributed by atoms with Crippen molar-refractivity contribution < 1.29 is 32.2 Å². The number of thiocarbonyl (C=S) groups is 1. The topological polar surface area (TPSA) is 129 Å². The van der Waals surface area contributed by atoms with Gasteiger partial charge in [0.25, 0.3) is 0 Å². The van der Waals surface area contributed by atoms with E-state index in [1.807, 2.05) is 4.90 Å². The van der Waals surface area contributed by atoms with Crippen LogP contribution in [0, 0.1) is 0 Å². The molecule has 1 heterocycles. The number of rotatable bonds is 8. The lowest BCUT2D eigenvalue weighted by Crippen LogP contribution is -2.49. The highest BCUT2D eigenvalue weighted by Crippen LogP contribution is 2.40. The predicted molar refractivity (Wildman–Crippen MR) is 130 cm³/mol. The van der Waals surface area contributed by atoms with Crippen LogP contribution in [0.1, 0.15) is 17.3 Å². The number of carbonyl (C=O) groups excluding carboxylic acids is 1. The number of Topliss-reactive ketones (excluding diaryl/α,β-unsaturated/α-hetero) is 1. The number of morpholine rings is 1. The van der Waals surface area contributed by atoms with Gasteiger partial charge in [-0.05, 0) is 55.5 Å². The number of sulfonamides is 1. The van der Waals surface area contributed by atoms with Gasteiger partial charge in [0.1, 0.15) is 12.7 Å². The average Bonchev–Trinajstić information content (AvgIpc) is 2.81. The maximum atomic E-state index is 12.1. The molecule has 0 aromatic heterocycles. The molecule has 34 heavy (non-hydrogen) atoms. The SMILES string of the molecule is COc1ccc(C(C)=O)c(OCC2CN(C(=S)Nc3ccc(S(N)(=O)=O)cc3)CCO2)c1OC. The van der Waals surface area contributed by atoms with E-state index in [9.17, 15) is 13.2 Å². The minimum atomic E-state index is -3.76. The molecule has 3 rings (SSSR count). The van der Waals surface area contributed by atoms with Gasteiger partial charge in [0, 0.05) is 18.8 Å². The highest BCUT2D eigenvalue weighted by atomic mass is 32.2. The largest absolute Gasteiger partial charge is 0.493 e. The number of ketones is 1. The minimum Gasteiger partial charge on any atom is -0.493 e. The van der Waals surface area contributed by atoms with Crippen molar-refractivity contribution in [2.24, 2.45) is 5.14 Å². The third kappa shape index (κ3) is 6.14. The molecule has 0 amide bonds. The minimum absolute atomic E-state index is 0.0189. The molecule has 2 aromatic carbocycles. The van der Waals surface area contributed by atoms with Gasteiger partial charge in [0.2, 0.25) is 15.8 Å². The Hall–Kier alpha value is -2.93. The second-order valence-electron chi connectivity index (χ2n) is 7.48. The highest BCUT2D eigenvalue weighted by molar-refractivity contribution is 7.89. The van der Waals surface area contributed by atoms with Gasteiger partial charge in [-0.2, -0.15) is 0 Å². The monoisotopic (exact) mass is 509 g/mol. The molecule has 1 atom stereocenters. The summed E-state index contributed by atoms with van der Waals surface area (Å²) in [6.07, 6.45) is -0.325. The fraction of sp³-hybridized carbons (Fsp3) is 0.364. The normalized spacial score (nSPS) is 16.0. The van der Waals surface area contributed by atoms with Gasteiger partial charge in [0.05, 0.1) is 31.3 Å². The molecular weight excluding hydrogens is 482 g/mol. The Labute approximate surface area is 204 Å². The summed E-state index contributed by atoms with van der Waals surface area (Å²) in [6, 6.07) is 9.28. The first-order valence-corrected chi connectivity index (χ1v) is 12.3. The van der Waals surface area contributed by atoms with E-state index in [4.69, 9.17) is 36.3 Å². The summed E-state index contributed by atoms with van der Waals surface area (Å²) in [6.45, 7) is 3.05. The van der Waals surface area contributed by atoms with Gasteiger partial charge in [-0.25, -0.2) is 13.6 Å². The number of nitrogens with zero attached hydrogens (tertiary/aromatic N) is 1. The Morgan fingerprint density at radius 3 is 2.47 bits per heavy atom. The van der Waals surface area contributed by atoms with E-state index >= 15 is 0 Å². The molecule has 0 bridgehead atoms. The van der Waals surface area contributed by atoms with Crippen LogP contribution in [0.4, 0.5) is 5.69 Å². The highest BCUT2D eigenvalue weighted by Gasteiger charge is 2.25. The third-order valence-electron chi connectivity index (χ3n) is 5.15.